The molecule has 5 nitrogen and oxygen atoms in total. The van der Waals surface area contributed by atoms with Crippen LogP contribution in [0.1, 0.15) is 15.9 Å². The van der Waals surface area contributed by atoms with E-state index in [0.717, 1.165) is 0 Å². The minimum absolute atomic E-state index is 0.108. The molecule has 0 fully saturated rings. The van der Waals surface area contributed by atoms with Crippen molar-refractivity contribution in [2.24, 2.45) is 0 Å². The van der Waals surface area contributed by atoms with Gasteiger partial charge in [0.15, 0.2) is 11.5 Å². The second kappa shape index (κ2) is 3.66. The van der Waals surface area contributed by atoms with Crippen LogP contribution in [-0.4, -0.2) is 26.5 Å². The lowest BCUT2D eigenvalue weighted by atomic mass is 9.92. The highest BCUT2D eigenvalue weighted by atomic mass is 16.3. The Morgan fingerprint density at radius 2 is 1.72 bits per heavy atom. The van der Waals surface area contributed by atoms with Crippen molar-refractivity contribution in [3.8, 4) is 0 Å². The Morgan fingerprint density at radius 3 is 2.39 bits per heavy atom. The van der Waals surface area contributed by atoms with Gasteiger partial charge in [0.2, 0.25) is 5.78 Å². The third-order valence-electron chi connectivity index (χ3n) is 2.81. The van der Waals surface area contributed by atoms with Crippen molar-refractivity contribution in [2.75, 3.05) is 0 Å². The molecule has 0 aliphatic heterocycles. The van der Waals surface area contributed by atoms with E-state index in [1.807, 2.05) is 0 Å². The molecule has 3 rings (SSSR count). The van der Waals surface area contributed by atoms with E-state index in [-0.39, 0.29) is 17.0 Å². The number of carbonyl (C=O) groups is 2. The fourth-order valence-corrected chi connectivity index (χ4v) is 1.97. The van der Waals surface area contributed by atoms with E-state index >= 15 is 0 Å². The van der Waals surface area contributed by atoms with Crippen molar-refractivity contribution in [2.45, 2.75) is 0 Å². The summed E-state index contributed by atoms with van der Waals surface area (Å²) in [6, 6.07) is 8.07. The summed E-state index contributed by atoms with van der Waals surface area (Å²) in [7, 11) is 0. The SMILES string of the molecule is O=C1C(=O)c2ccccc2C(O)=C1n1cccn1. The van der Waals surface area contributed by atoms with Crippen LogP contribution in [0.15, 0.2) is 42.7 Å². The van der Waals surface area contributed by atoms with Gasteiger partial charge in [0.1, 0.15) is 0 Å². The molecule has 18 heavy (non-hydrogen) atoms. The largest absolute Gasteiger partial charge is 0.505 e. The number of hydrogen-bond donors (Lipinski definition) is 1. The predicted octanol–water partition coefficient (Wildman–Crippen LogP) is 1.53. The molecule has 1 aromatic heterocycles. The number of rotatable bonds is 1. The Labute approximate surface area is 102 Å². The van der Waals surface area contributed by atoms with Crippen LogP contribution < -0.4 is 0 Å². The highest BCUT2D eigenvalue weighted by molar-refractivity contribution is 6.60. The van der Waals surface area contributed by atoms with Crippen LogP contribution in [0.25, 0.3) is 11.5 Å². The van der Waals surface area contributed by atoms with Gasteiger partial charge in [0.25, 0.3) is 5.78 Å². The minimum atomic E-state index is -0.755. The smallest absolute Gasteiger partial charge is 0.255 e. The number of fused-ring (bicyclic) bond motifs is 1. The predicted molar refractivity (Wildman–Crippen MR) is 63.7 cm³/mol. The number of ketones is 2. The van der Waals surface area contributed by atoms with Gasteiger partial charge in [-0.05, 0) is 6.07 Å². The highest BCUT2D eigenvalue weighted by Gasteiger charge is 2.33. The van der Waals surface area contributed by atoms with Crippen molar-refractivity contribution >= 4 is 23.0 Å². The Kier molecular flexibility index (Phi) is 2.13. The first-order chi connectivity index (χ1) is 8.70. The number of aliphatic hydroxyl groups is 1. The van der Waals surface area contributed by atoms with Gasteiger partial charge in [0.05, 0.1) is 0 Å². The lowest BCUT2D eigenvalue weighted by molar-refractivity contribution is -0.110. The molecular weight excluding hydrogens is 232 g/mol. The molecule has 88 valence electrons. The van der Waals surface area contributed by atoms with E-state index in [2.05, 4.69) is 5.10 Å². The standard InChI is InChI=1S/C13H8N2O3/c16-11-8-4-1-2-5-9(8)12(17)13(18)10(11)15-7-3-6-14-15/h1-7,16H. The van der Waals surface area contributed by atoms with Crippen molar-refractivity contribution in [3.63, 3.8) is 0 Å². The number of aliphatic hydroxyl groups excluding tert-OH is 1. The minimum Gasteiger partial charge on any atom is -0.505 e. The first-order valence-corrected chi connectivity index (χ1v) is 5.32. The Bertz CT molecular complexity index is 684. The van der Waals surface area contributed by atoms with Crippen LogP contribution in [0.3, 0.4) is 0 Å². The van der Waals surface area contributed by atoms with Crippen LogP contribution in [0, 0.1) is 0 Å². The molecule has 0 amide bonds. The Hall–Kier alpha value is -2.69. The molecule has 0 saturated carbocycles. The number of benzene rings is 1. The summed E-state index contributed by atoms with van der Waals surface area (Å²) in [5, 5.41) is 14.0. The number of hydrogen-bond acceptors (Lipinski definition) is 4. The van der Waals surface area contributed by atoms with E-state index < -0.39 is 11.6 Å². The van der Waals surface area contributed by atoms with Crippen LogP contribution in [-0.2, 0) is 4.79 Å². The van der Waals surface area contributed by atoms with Gasteiger partial charge in [-0.25, -0.2) is 4.68 Å². The maximum atomic E-state index is 12.0. The van der Waals surface area contributed by atoms with Crippen LogP contribution in [0.5, 0.6) is 0 Å². The molecule has 0 atom stereocenters. The van der Waals surface area contributed by atoms with E-state index in [0.29, 0.717) is 5.56 Å². The number of carbonyl (C=O) groups excluding carboxylic acids is 2. The fraction of sp³-hybridized carbons (Fsp3) is 0. The third-order valence-corrected chi connectivity index (χ3v) is 2.81. The summed E-state index contributed by atoms with van der Waals surface area (Å²) in [5.41, 5.74) is 0.465. The quantitative estimate of drug-likeness (QED) is 0.767. The zero-order valence-corrected chi connectivity index (χ0v) is 9.20. The number of nitrogens with zero attached hydrogens (tertiary/aromatic N) is 2. The summed E-state index contributed by atoms with van der Waals surface area (Å²) in [6.07, 6.45) is 2.98. The van der Waals surface area contributed by atoms with Gasteiger partial charge in [-0.15, -0.1) is 0 Å². The summed E-state index contributed by atoms with van der Waals surface area (Å²) < 4.78 is 1.20. The molecule has 0 radical (unpaired) electrons. The molecule has 1 aliphatic carbocycles. The summed E-state index contributed by atoms with van der Waals surface area (Å²) in [6.45, 7) is 0. The van der Waals surface area contributed by atoms with Gasteiger partial charge in [-0.2, -0.15) is 5.10 Å². The average Bonchev–Trinajstić information content (AvgIpc) is 2.90. The van der Waals surface area contributed by atoms with Crippen molar-refractivity contribution in [1.82, 2.24) is 9.78 Å². The van der Waals surface area contributed by atoms with E-state index in [4.69, 9.17) is 0 Å². The van der Waals surface area contributed by atoms with Crippen molar-refractivity contribution in [1.29, 1.82) is 0 Å². The Balaban J connectivity index is 2.32. The van der Waals surface area contributed by atoms with E-state index in [1.54, 1.807) is 24.3 Å². The summed E-state index contributed by atoms with van der Waals surface area (Å²) in [4.78, 5) is 23.9. The number of Topliss-reactive ketones (excluding diaryl/α,β-unsaturated/α-hetero) is 2. The fourth-order valence-electron chi connectivity index (χ4n) is 1.97. The molecule has 1 aromatic carbocycles. The number of aromatic nitrogens is 2. The first-order valence-electron chi connectivity index (χ1n) is 5.32. The molecule has 2 aromatic rings. The average molecular weight is 240 g/mol. The van der Waals surface area contributed by atoms with E-state index in [1.165, 1.54) is 23.1 Å². The van der Waals surface area contributed by atoms with Crippen LogP contribution >= 0.6 is 0 Å². The summed E-state index contributed by atoms with van der Waals surface area (Å²) in [5.74, 6) is -1.61. The zero-order valence-electron chi connectivity index (χ0n) is 9.20. The molecule has 1 aliphatic rings. The lowest BCUT2D eigenvalue weighted by Crippen LogP contribution is -2.26. The van der Waals surface area contributed by atoms with Gasteiger partial charge < -0.3 is 5.11 Å². The molecule has 1 heterocycles. The Morgan fingerprint density at radius 1 is 1.00 bits per heavy atom. The molecular formula is C13H8N2O3. The maximum Gasteiger partial charge on any atom is 0.255 e. The zero-order chi connectivity index (χ0) is 12.7. The van der Waals surface area contributed by atoms with E-state index in [9.17, 15) is 14.7 Å². The molecule has 0 unspecified atom stereocenters. The van der Waals surface area contributed by atoms with Crippen molar-refractivity contribution in [3.05, 3.63) is 53.9 Å². The van der Waals surface area contributed by atoms with Gasteiger partial charge in [-0.1, -0.05) is 24.3 Å². The third kappa shape index (κ3) is 1.31. The molecule has 0 saturated heterocycles. The van der Waals surface area contributed by atoms with Gasteiger partial charge in [-0.3, -0.25) is 9.59 Å². The summed E-state index contributed by atoms with van der Waals surface area (Å²) >= 11 is 0. The monoisotopic (exact) mass is 240 g/mol. The molecule has 5 heteroatoms. The second-order valence-corrected chi connectivity index (χ2v) is 3.85. The lowest BCUT2D eigenvalue weighted by Gasteiger charge is -2.17. The number of allylic oxidation sites excluding steroid dienone is 1. The van der Waals surface area contributed by atoms with Crippen LogP contribution in [0.4, 0.5) is 0 Å². The molecule has 0 spiro atoms. The maximum absolute atomic E-state index is 12.0. The first kappa shape index (κ1) is 10.5. The molecule has 1 N–H and O–H groups in total. The van der Waals surface area contributed by atoms with Crippen molar-refractivity contribution < 1.29 is 14.7 Å². The second-order valence-electron chi connectivity index (χ2n) is 3.85. The topological polar surface area (TPSA) is 72.2 Å². The highest BCUT2D eigenvalue weighted by Crippen LogP contribution is 2.29. The van der Waals surface area contributed by atoms with Gasteiger partial charge >= 0.3 is 0 Å². The normalized spacial score (nSPS) is 14.9. The van der Waals surface area contributed by atoms with Crippen LogP contribution in [0.2, 0.25) is 0 Å². The van der Waals surface area contributed by atoms with Gasteiger partial charge in [0, 0.05) is 23.5 Å². The molecule has 0 bridgehead atoms.